The zero-order valence-corrected chi connectivity index (χ0v) is 23.5. The molecule has 1 aromatic heterocycles. The van der Waals surface area contributed by atoms with Gasteiger partial charge in [-0.15, -0.1) is 0 Å². The molecule has 1 amide bonds. The molecule has 0 atom stereocenters. The Labute approximate surface area is 242 Å². The summed E-state index contributed by atoms with van der Waals surface area (Å²) in [7, 11) is -3.97. The fourth-order valence-corrected chi connectivity index (χ4v) is 5.85. The standard InChI is InChI=1S/C32H25ClFN3O3S/c1-2-27(28-15-14-25(34)19-29(28)33)32(23-13-16-30-24(18-23)20-35-36-30)22-11-8-21(9-12-22)10-17-31(38)37-41(39,40)26-6-4-3-5-7-26/h3-20H,2H2,1H3,(H,35,36)(H,37,38). The van der Waals surface area contributed by atoms with E-state index in [1.807, 2.05) is 54.1 Å². The van der Waals surface area contributed by atoms with Crippen molar-refractivity contribution < 1.29 is 17.6 Å². The number of hydrogen-bond acceptors (Lipinski definition) is 4. The number of allylic oxidation sites excluding steroid dienone is 1. The molecule has 41 heavy (non-hydrogen) atoms. The fraction of sp³-hybridized carbons (Fsp3) is 0.0625. The van der Waals surface area contributed by atoms with Crippen molar-refractivity contribution in [2.75, 3.05) is 0 Å². The number of aromatic nitrogens is 2. The van der Waals surface area contributed by atoms with Crippen molar-refractivity contribution in [3.63, 3.8) is 0 Å². The maximum Gasteiger partial charge on any atom is 0.264 e. The minimum Gasteiger partial charge on any atom is -0.278 e. The lowest BCUT2D eigenvalue weighted by atomic mass is 9.87. The number of fused-ring (bicyclic) bond motifs is 1. The Morgan fingerprint density at radius 2 is 1.71 bits per heavy atom. The molecule has 0 aliphatic heterocycles. The average molecular weight is 586 g/mol. The largest absolute Gasteiger partial charge is 0.278 e. The molecule has 0 saturated heterocycles. The van der Waals surface area contributed by atoms with Gasteiger partial charge in [-0.2, -0.15) is 5.10 Å². The number of rotatable bonds is 8. The number of H-pyrrole nitrogens is 1. The molecule has 1 heterocycles. The Morgan fingerprint density at radius 1 is 0.976 bits per heavy atom. The molecule has 206 valence electrons. The lowest BCUT2D eigenvalue weighted by Crippen LogP contribution is -2.28. The lowest BCUT2D eigenvalue weighted by molar-refractivity contribution is -0.114. The van der Waals surface area contributed by atoms with E-state index in [1.54, 1.807) is 30.5 Å². The molecule has 0 bridgehead atoms. The van der Waals surface area contributed by atoms with E-state index in [4.69, 9.17) is 11.6 Å². The molecule has 5 rings (SSSR count). The molecule has 4 aromatic carbocycles. The van der Waals surface area contributed by atoms with Gasteiger partial charge >= 0.3 is 0 Å². The van der Waals surface area contributed by atoms with E-state index in [0.29, 0.717) is 17.0 Å². The minimum absolute atomic E-state index is 0.00649. The van der Waals surface area contributed by atoms with Crippen molar-refractivity contribution in [3.8, 4) is 0 Å². The Kier molecular flexibility index (Phi) is 8.14. The summed E-state index contributed by atoms with van der Waals surface area (Å²) < 4.78 is 40.8. The molecular formula is C32H25ClFN3O3S. The lowest BCUT2D eigenvalue weighted by Gasteiger charge is -2.18. The van der Waals surface area contributed by atoms with Gasteiger partial charge < -0.3 is 0 Å². The highest BCUT2D eigenvalue weighted by molar-refractivity contribution is 7.90. The van der Waals surface area contributed by atoms with Gasteiger partial charge in [-0.05, 0) is 82.3 Å². The van der Waals surface area contributed by atoms with E-state index in [9.17, 15) is 17.6 Å². The molecule has 0 saturated carbocycles. The molecule has 0 fully saturated rings. The van der Waals surface area contributed by atoms with Gasteiger partial charge in [0.15, 0.2) is 0 Å². The van der Waals surface area contributed by atoms with Gasteiger partial charge in [0.2, 0.25) is 0 Å². The van der Waals surface area contributed by atoms with Gasteiger partial charge in [0.1, 0.15) is 5.82 Å². The minimum atomic E-state index is -3.97. The highest BCUT2D eigenvalue weighted by atomic mass is 35.5. The Bertz CT molecular complexity index is 1900. The van der Waals surface area contributed by atoms with Crippen molar-refractivity contribution in [1.82, 2.24) is 14.9 Å². The first-order valence-electron chi connectivity index (χ1n) is 12.8. The molecule has 2 N–H and O–H groups in total. The quantitative estimate of drug-likeness (QED) is 0.148. The van der Waals surface area contributed by atoms with Crippen molar-refractivity contribution in [2.45, 2.75) is 18.2 Å². The van der Waals surface area contributed by atoms with Crippen LogP contribution < -0.4 is 4.72 Å². The van der Waals surface area contributed by atoms with Gasteiger partial charge in [-0.3, -0.25) is 9.89 Å². The number of sulfonamides is 1. The summed E-state index contributed by atoms with van der Waals surface area (Å²) in [5.74, 6) is -1.17. The topological polar surface area (TPSA) is 91.9 Å². The van der Waals surface area contributed by atoms with Crippen LogP contribution in [0.2, 0.25) is 5.02 Å². The zero-order chi connectivity index (χ0) is 29.0. The first-order valence-corrected chi connectivity index (χ1v) is 14.6. The summed E-state index contributed by atoms with van der Waals surface area (Å²) in [6, 6.07) is 25.6. The summed E-state index contributed by atoms with van der Waals surface area (Å²) in [5, 5.41) is 8.35. The number of amides is 1. The van der Waals surface area contributed by atoms with Gasteiger partial charge in [0, 0.05) is 11.5 Å². The van der Waals surface area contributed by atoms with E-state index in [0.717, 1.165) is 38.7 Å². The number of nitrogens with one attached hydrogen (secondary N) is 2. The van der Waals surface area contributed by atoms with Gasteiger partial charge in [-0.1, -0.05) is 73.1 Å². The third-order valence-electron chi connectivity index (χ3n) is 6.56. The number of hydrogen-bond donors (Lipinski definition) is 2. The smallest absolute Gasteiger partial charge is 0.264 e. The summed E-state index contributed by atoms with van der Waals surface area (Å²) in [6.45, 7) is 2.02. The SMILES string of the molecule is CCC(=C(c1ccc(C=CC(=O)NS(=O)(=O)c2ccccc2)cc1)c1ccc2[nH]ncc2c1)c1ccc(F)cc1Cl. The van der Waals surface area contributed by atoms with Crippen LogP contribution in [0, 0.1) is 5.82 Å². The Hall–Kier alpha value is -4.53. The first kappa shape index (κ1) is 28.0. The summed E-state index contributed by atoms with van der Waals surface area (Å²) in [4.78, 5) is 12.4. The van der Waals surface area contributed by atoms with Crippen LogP contribution in [0.25, 0.3) is 28.1 Å². The Morgan fingerprint density at radius 3 is 2.41 bits per heavy atom. The van der Waals surface area contributed by atoms with Gasteiger partial charge in [0.25, 0.3) is 15.9 Å². The second-order valence-electron chi connectivity index (χ2n) is 9.24. The van der Waals surface area contributed by atoms with Crippen LogP contribution in [0.5, 0.6) is 0 Å². The number of nitrogens with zero attached hydrogens (tertiary/aromatic N) is 1. The number of aromatic amines is 1. The van der Waals surface area contributed by atoms with E-state index in [1.165, 1.54) is 36.4 Å². The first-order chi connectivity index (χ1) is 19.7. The summed E-state index contributed by atoms with van der Waals surface area (Å²) in [6.07, 6.45) is 5.10. The van der Waals surface area contributed by atoms with Crippen LogP contribution in [-0.4, -0.2) is 24.5 Å². The van der Waals surface area contributed by atoms with E-state index in [-0.39, 0.29) is 4.90 Å². The molecule has 0 aliphatic carbocycles. The van der Waals surface area contributed by atoms with Crippen molar-refractivity contribution in [2.24, 2.45) is 0 Å². The van der Waals surface area contributed by atoms with Crippen LogP contribution in [0.4, 0.5) is 4.39 Å². The van der Waals surface area contributed by atoms with Crippen LogP contribution >= 0.6 is 11.6 Å². The maximum absolute atomic E-state index is 13.9. The van der Waals surface area contributed by atoms with E-state index < -0.39 is 21.7 Å². The molecule has 9 heteroatoms. The molecule has 0 spiro atoms. The van der Waals surface area contributed by atoms with Gasteiger partial charge in [-0.25, -0.2) is 17.5 Å². The third kappa shape index (κ3) is 6.29. The molecular weight excluding hydrogens is 561 g/mol. The van der Waals surface area contributed by atoms with Crippen molar-refractivity contribution in [3.05, 3.63) is 136 Å². The van der Waals surface area contributed by atoms with Crippen LogP contribution in [0.3, 0.4) is 0 Å². The monoisotopic (exact) mass is 585 g/mol. The molecule has 0 radical (unpaired) electrons. The molecule has 0 unspecified atom stereocenters. The predicted octanol–water partition coefficient (Wildman–Crippen LogP) is 7.24. The van der Waals surface area contributed by atoms with Crippen LogP contribution in [0.15, 0.2) is 108 Å². The van der Waals surface area contributed by atoms with Crippen molar-refractivity contribution in [1.29, 1.82) is 0 Å². The predicted molar refractivity (Wildman–Crippen MR) is 161 cm³/mol. The highest BCUT2D eigenvalue weighted by Crippen LogP contribution is 2.38. The van der Waals surface area contributed by atoms with Gasteiger partial charge in [0.05, 0.1) is 21.6 Å². The molecule has 6 nitrogen and oxygen atoms in total. The van der Waals surface area contributed by atoms with Crippen molar-refractivity contribution >= 4 is 55.7 Å². The van der Waals surface area contributed by atoms with E-state index in [2.05, 4.69) is 10.2 Å². The second kappa shape index (κ2) is 11.9. The normalized spacial score (nSPS) is 12.5. The molecule has 0 aliphatic rings. The second-order valence-corrected chi connectivity index (χ2v) is 11.3. The average Bonchev–Trinajstić information content (AvgIpc) is 3.44. The highest BCUT2D eigenvalue weighted by Gasteiger charge is 2.17. The zero-order valence-electron chi connectivity index (χ0n) is 21.9. The number of carbonyl (C=O) groups is 1. The Balaban J connectivity index is 1.49. The van der Waals surface area contributed by atoms with Crippen LogP contribution in [0.1, 0.15) is 35.6 Å². The third-order valence-corrected chi connectivity index (χ3v) is 8.23. The van der Waals surface area contributed by atoms with Crippen LogP contribution in [-0.2, 0) is 14.8 Å². The molecule has 5 aromatic rings. The summed E-state index contributed by atoms with van der Waals surface area (Å²) in [5.41, 5.74) is 6.02. The summed E-state index contributed by atoms with van der Waals surface area (Å²) >= 11 is 6.50. The maximum atomic E-state index is 13.9. The number of benzene rings is 4. The van der Waals surface area contributed by atoms with E-state index >= 15 is 0 Å². The fourth-order valence-electron chi connectivity index (χ4n) is 4.61. The number of carbonyl (C=O) groups excluding carboxylic acids is 1. The number of halogens is 2.